The number of aromatic nitrogens is 2. The molecule has 50 valence electrons. The van der Waals surface area contributed by atoms with E-state index in [1.165, 1.54) is 0 Å². The Balaban J connectivity index is 0.000000810. The summed E-state index contributed by atoms with van der Waals surface area (Å²) < 4.78 is 0. The van der Waals surface area contributed by atoms with Gasteiger partial charge in [-0.1, -0.05) is 0 Å². The van der Waals surface area contributed by atoms with Gasteiger partial charge in [-0.15, -0.1) is 0 Å². The topological polar surface area (TPSA) is 37.8 Å². The van der Waals surface area contributed by atoms with E-state index in [0.29, 0.717) is 0 Å². The molecular formula is C6H11N3. The van der Waals surface area contributed by atoms with Crippen LogP contribution in [0, 0.1) is 0 Å². The fourth-order valence-electron chi connectivity index (χ4n) is 0.602. The van der Waals surface area contributed by atoms with Gasteiger partial charge in [-0.05, 0) is 7.05 Å². The third-order valence-electron chi connectivity index (χ3n) is 0.975. The second kappa shape index (κ2) is 3.14. The van der Waals surface area contributed by atoms with E-state index in [0.717, 1.165) is 12.2 Å². The first-order valence-corrected chi connectivity index (χ1v) is 2.83. The Kier molecular flexibility index (Phi) is 2.15. The maximum atomic E-state index is 4.04. The monoisotopic (exact) mass is 125 g/mol. The van der Waals surface area contributed by atoms with Crippen molar-refractivity contribution in [3.8, 4) is 0 Å². The fraction of sp³-hybridized carbons (Fsp3) is 0.333. The van der Waals surface area contributed by atoms with E-state index in [4.69, 9.17) is 0 Å². The predicted molar refractivity (Wildman–Crippen MR) is 36.9 cm³/mol. The van der Waals surface area contributed by atoms with Gasteiger partial charge < -0.3 is 5.32 Å². The van der Waals surface area contributed by atoms with Gasteiger partial charge in [-0.25, -0.2) is 0 Å². The Bertz CT molecular complexity index is 166. The quantitative estimate of drug-likeness (QED) is 0.623. The second-order valence-corrected chi connectivity index (χ2v) is 1.73. The average Bonchev–Trinajstić information content (AvgIpc) is 1.91. The Labute approximate surface area is 55.6 Å². The maximum absolute atomic E-state index is 4.04. The molecule has 0 aliphatic carbocycles. The Morgan fingerprint density at radius 3 is 3.11 bits per heavy atom. The van der Waals surface area contributed by atoms with Gasteiger partial charge in [0.25, 0.3) is 0 Å². The highest BCUT2D eigenvalue weighted by atomic mass is 14.9. The molecule has 0 aliphatic rings. The molecule has 3 nitrogen and oxygen atoms in total. The van der Waals surface area contributed by atoms with Crippen LogP contribution in [0.15, 0.2) is 18.6 Å². The number of nitrogens with one attached hydrogen (secondary N) is 1. The molecule has 0 radical (unpaired) electrons. The first kappa shape index (κ1) is 6.16. The van der Waals surface area contributed by atoms with Crippen molar-refractivity contribution in [2.45, 2.75) is 6.54 Å². The predicted octanol–water partition coefficient (Wildman–Crippen LogP) is 0.442. The van der Waals surface area contributed by atoms with Crippen LogP contribution >= 0.6 is 0 Å². The van der Waals surface area contributed by atoms with Crippen molar-refractivity contribution in [3.05, 3.63) is 24.3 Å². The van der Waals surface area contributed by atoms with Crippen LogP contribution in [0.4, 0.5) is 0 Å². The Morgan fingerprint density at radius 1 is 1.67 bits per heavy atom. The first-order chi connectivity index (χ1) is 4.43. The number of hydrogen-bond donors (Lipinski definition) is 1. The number of nitrogens with zero attached hydrogens (tertiary/aromatic N) is 2. The lowest BCUT2D eigenvalue weighted by molar-refractivity contribution is 0.784. The van der Waals surface area contributed by atoms with Crippen molar-refractivity contribution >= 4 is 0 Å². The van der Waals surface area contributed by atoms with E-state index >= 15 is 0 Å². The summed E-state index contributed by atoms with van der Waals surface area (Å²) in [5, 5.41) is 2.98. The molecule has 0 saturated carbocycles. The maximum Gasteiger partial charge on any atom is 0.0724 e. The van der Waals surface area contributed by atoms with Crippen molar-refractivity contribution in [3.63, 3.8) is 0 Å². The second-order valence-electron chi connectivity index (χ2n) is 1.73. The van der Waals surface area contributed by atoms with Crippen molar-refractivity contribution in [1.82, 2.24) is 15.3 Å². The largest absolute Gasteiger partial charge is 0.314 e. The minimum atomic E-state index is 0. The molecule has 0 aliphatic heterocycles. The molecule has 0 amide bonds. The zero-order valence-corrected chi connectivity index (χ0v) is 5.33. The highest BCUT2D eigenvalue weighted by Gasteiger charge is 1.86. The van der Waals surface area contributed by atoms with Gasteiger partial charge in [-0.2, -0.15) is 0 Å². The lowest BCUT2D eigenvalue weighted by atomic mass is 10.4. The average molecular weight is 125 g/mol. The molecule has 0 spiro atoms. The number of rotatable bonds is 2. The van der Waals surface area contributed by atoms with Crippen LogP contribution < -0.4 is 5.32 Å². The van der Waals surface area contributed by atoms with Gasteiger partial charge in [0.2, 0.25) is 0 Å². The molecule has 9 heavy (non-hydrogen) atoms. The summed E-state index contributed by atoms with van der Waals surface area (Å²) in [5.74, 6) is 0. The molecule has 1 heterocycles. The van der Waals surface area contributed by atoms with E-state index < -0.39 is 0 Å². The number of hydrogen-bond acceptors (Lipinski definition) is 3. The van der Waals surface area contributed by atoms with Crippen LogP contribution in [0.3, 0.4) is 0 Å². The van der Waals surface area contributed by atoms with Gasteiger partial charge in [-0.3, -0.25) is 9.97 Å². The minimum absolute atomic E-state index is 0. The van der Waals surface area contributed by atoms with Crippen LogP contribution in [0.2, 0.25) is 0 Å². The summed E-state index contributed by atoms with van der Waals surface area (Å²) in [4.78, 5) is 7.94. The molecule has 0 aromatic carbocycles. The molecule has 0 saturated heterocycles. The van der Waals surface area contributed by atoms with E-state index in [-0.39, 0.29) is 1.43 Å². The van der Waals surface area contributed by atoms with Gasteiger partial charge in [0.1, 0.15) is 0 Å². The zero-order valence-electron chi connectivity index (χ0n) is 5.33. The summed E-state index contributed by atoms with van der Waals surface area (Å²) in [5.41, 5.74) is 0.972. The van der Waals surface area contributed by atoms with Crippen LogP contribution in [-0.4, -0.2) is 17.0 Å². The van der Waals surface area contributed by atoms with Crippen molar-refractivity contribution in [2.24, 2.45) is 0 Å². The van der Waals surface area contributed by atoms with Crippen LogP contribution in [0.1, 0.15) is 7.12 Å². The van der Waals surface area contributed by atoms with Crippen molar-refractivity contribution < 1.29 is 1.43 Å². The Morgan fingerprint density at radius 2 is 2.56 bits per heavy atom. The lowest BCUT2D eigenvalue weighted by Gasteiger charge is -1.94. The Hall–Kier alpha value is -0.960. The summed E-state index contributed by atoms with van der Waals surface area (Å²) in [6.07, 6.45) is 5.10. The smallest absolute Gasteiger partial charge is 0.0724 e. The molecule has 0 atom stereocenters. The van der Waals surface area contributed by atoms with E-state index in [1.807, 2.05) is 7.05 Å². The summed E-state index contributed by atoms with van der Waals surface area (Å²) in [7, 11) is 1.88. The zero-order chi connectivity index (χ0) is 6.53. The molecule has 1 aromatic rings. The summed E-state index contributed by atoms with van der Waals surface area (Å²) in [6.45, 7) is 0.786. The van der Waals surface area contributed by atoms with Crippen LogP contribution in [-0.2, 0) is 6.54 Å². The van der Waals surface area contributed by atoms with Gasteiger partial charge in [0.05, 0.1) is 5.69 Å². The molecule has 0 bridgehead atoms. The fourth-order valence-corrected chi connectivity index (χ4v) is 0.602. The molecule has 1 N–H and O–H groups in total. The highest BCUT2D eigenvalue weighted by molar-refractivity contribution is 4.92. The summed E-state index contributed by atoms with van der Waals surface area (Å²) >= 11 is 0. The van der Waals surface area contributed by atoms with E-state index in [1.54, 1.807) is 18.6 Å². The van der Waals surface area contributed by atoms with Gasteiger partial charge in [0.15, 0.2) is 0 Å². The highest BCUT2D eigenvalue weighted by Crippen LogP contribution is 1.86. The third-order valence-corrected chi connectivity index (χ3v) is 0.975. The molecule has 1 rings (SSSR count). The summed E-state index contributed by atoms with van der Waals surface area (Å²) in [6, 6.07) is 0. The third kappa shape index (κ3) is 1.77. The molecule has 1 aromatic heterocycles. The SMILES string of the molecule is CNCc1cnccn1.[HH]. The standard InChI is InChI=1S/C6H9N3.H2/c1-7-4-6-5-8-2-3-9-6;/h2-3,5,7H,4H2,1H3;1H. The van der Waals surface area contributed by atoms with Crippen LogP contribution in [0.5, 0.6) is 0 Å². The van der Waals surface area contributed by atoms with Gasteiger partial charge >= 0.3 is 0 Å². The molecule has 0 fully saturated rings. The molecule has 3 heteroatoms. The molecule has 0 unspecified atom stereocenters. The van der Waals surface area contributed by atoms with Crippen molar-refractivity contribution in [2.75, 3.05) is 7.05 Å². The van der Waals surface area contributed by atoms with Crippen LogP contribution in [0.25, 0.3) is 0 Å². The normalized spacial score (nSPS) is 9.44. The van der Waals surface area contributed by atoms with E-state index in [9.17, 15) is 0 Å². The van der Waals surface area contributed by atoms with Gasteiger partial charge in [0, 0.05) is 26.6 Å². The van der Waals surface area contributed by atoms with E-state index in [2.05, 4.69) is 15.3 Å². The minimum Gasteiger partial charge on any atom is -0.314 e. The lowest BCUT2D eigenvalue weighted by Crippen LogP contribution is -2.06. The first-order valence-electron chi connectivity index (χ1n) is 2.83. The molecular weight excluding hydrogens is 114 g/mol. The van der Waals surface area contributed by atoms with Crippen molar-refractivity contribution in [1.29, 1.82) is 0 Å².